The predicted molar refractivity (Wildman–Crippen MR) is 121 cm³/mol. The molecule has 0 aliphatic carbocycles. The maximum Gasteiger partial charge on any atom is 0.255 e. The lowest BCUT2D eigenvalue weighted by atomic mass is 10.1. The van der Waals surface area contributed by atoms with Gasteiger partial charge in [0.1, 0.15) is 5.52 Å². The number of aromatic nitrogens is 1. The van der Waals surface area contributed by atoms with Gasteiger partial charge in [-0.1, -0.05) is 19.1 Å². The van der Waals surface area contributed by atoms with E-state index in [2.05, 4.69) is 10.3 Å². The lowest BCUT2D eigenvalue weighted by Gasteiger charge is -2.13. The molecule has 6 heteroatoms. The molecule has 0 aliphatic heterocycles. The number of carbonyl (C=O) groups excluding carboxylic acids is 1. The summed E-state index contributed by atoms with van der Waals surface area (Å²) in [5.41, 5.74) is 3.56. The molecule has 0 atom stereocenters. The third-order valence-electron chi connectivity index (χ3n) is 4.65. The van der Waals surface area contributed by atoms with Crippen molar-refractivity contribution >= 4 is 22.7 Å². The van der Waals surface area contributed by atoms with Crippen LogP contribution >= 0.6 is 0 Å². The Morgan fingerprint density at radius 1 is 0.968 bits per heavy atom. The highest BCUT2D eigenvalue weighted by Crippen LogP contribution is 2.29. The quantitative estimate of drug-likeness (QED) is 0.385. The third kappa shape index (κ3) is 4.69. The molecular formula is C25H24N2O4. The molecule has 0 unspecified atom stereocenters. The number of ether oxygens (including phenoxy) is 2. The van der Waals surface area contributed by atoms with Crippen LogP contribution in [0.3, 0.4) is 0 Å². The second kappa shape index (κ2) is 9.34. The van der Waals surface area contributed by atoms with Gasteiger partial charge in [0.2, 0.25) is 5.89 Å². The molecule has 1 aromatic heterocycles. The Bertz CT molecular complexity index is 1150. The second-order valence-electron chi connectivity index (χ2n) is 6.96. The highest BCUT2D eigenvalue weighted by molar-refractivity contribution is 6.04. The summed E-state index contributed by atoms with van der Waals surface area (Å²) in [4.78, 5) is 17.2. The smallest absolute Gasteiger partial charge is 0.255 e. The van der Waals surface area contributed by atoms with E-state index in [-0.39, 0.29) is 5.91 Å². The van der Waals surface area contributed by atoms with Crippen LogP contribution in [0.1, 0.15) is 30.6 Å². The summed E-state index contributed by atoms with van der Waals surface area (Å²) in [6.07, 6.45) is 0.896. The van der Waals surface area contributed by atoms with Crippen LogP contribution in [0.4, 0.5) is 5.69 Å². The number of hydrogen-bond acceptors (Lipinski definition) is 5. The van der Waals surface area contributed by atoms with Crippen molar-refractivity contribution in [1.29, 1.82) is 0 Å². The molecule has 158 valence electrons. The second-order valence-corrected chi connectivity index (χ2v) is 6.96. The van der Waals surface area contributed by atoms with Gasteiger partial charge in [-0.2, -0.15) is 0 Å². The van der Waals surface area contributed by atoms with Crippen LogP contribution in [0, 0.1) is 0 Å². The molecule has 4 aromatic rings. The zero-order valence-electron chi connectivity index (χ0n) is 17.6. The average Bonchev–Trinajstić information content (AvgIpc) is 3.23. The van der Waals surface area contributed by atoms with Crippen LogP contribution in [0.5, 0.6) is 11.5 Å². The molecule has 1 amide bonds. The highest BCUT2D eigenvalue weighted by atomic mass is 16.5. The summed E-state index contributed by atoms with van der Waals surface area (Å²) >= 11 is 0. The van der Waals surface area contributed by atoms with Crippen molar-refractivity contribution in [2.75, 3.05) is 18.5 Å². The Morgan fingerprint density at radius 2 is 1.77 bits per heavy atom. The zero-order valence-corrected chi connectivity index (χ0v) is 17.6. The maximum absolute atomic E-state index is 12.7. The summed E-state index contributed by atoms with van der Waals surface area (Å²) in [5, 5.41) is 2.91. The first-order valence-corrected chi connectivity index (χ1v) is 10.3. The number of nitrogens with zero attached hydrogens (tertiary/aromatic N) is 1. The normalized spacial score (nSPS) is 10.8. The number of hydrogen-bond donors (Lipinski definition) is 1. The van der Waals surface area contributed by atoms with Crippen LogP contribution in [0.2, 0.25) is 0 Å². The van der Waals surface area contributed by atoms with Crippen molar-refractivity contribution in [2.45, 2.75) is 20.3 Å². The monoisotopic (exact) mass is 416 g/mol. The van der Waals surface area contributed by atoms with Crippen molar-refractivity contribution in [2.24, 2.45) is 0 Å². The van der Waals surface area contributed by atoms with Gasteiger partial charge in [-0.05, 0) is 67.9 Å². The lowest BCUT2D eigenvalue weighted by molar-refractivity contribution is 0.102. The molecule has 1 heterocycles. The third-order valence-corrected chi connectivity index (χ3v) is 4.65. The number of nitrogens with one attached hydrogen (secondary N) is 1. The average molecular weight is 416 g/mol. The minimum absolute atomic E-state index is 0.224. The fourth-order valence-corrected chi connectivity index (χ4v) is 3.14. The summed E-state index contributed by atoms with van der Waals surface area (Å²) in [6.45, 7) is 5.02. The van der Waals surface area contributed by atoms with Crippen molar-refractivity contribution in [1.82, 2.24) is 4.98 Å². The molecule has 0 fully saturated rings. The molecule has 0 radical (unpaired) electrons. The maximum atomic E-state index is 12.7. The first-order chi connectivity index (χ1) is 15.2. The number of fused-ring (bicyclic) bond motifs is 1. The van der Waals surface area contributed by atoms with Crippen LogP contribution in [0.25, 0.3) is 22.6 Å². The van der Waals surface area contributed by atoms with Gasteiger partial charge in [-0.25, -0.2) is 4.98 Å². The summed E-state index contributed by atoms with van der Waals surface area (Å²) < 4.78 is 17.1. The van der Waals surface area contributed by atoms with Crippen molar-refractivity contribution in [3.8, 4) is 23.0 Å². The molecule has 31 heavy (non-hydrogen) atoms. The van der Waals surface area contributed by atoms with E-state index >= 15 is 0 Å². The number of para-hydroxylation sites is 2. The van der Waals surface area contributed by atoms with Crippen LogP contribution < -0.4 is 14.8 Å². The molecule has 4 rings (SSSR count). The molecule has 0 saturated carbocycles. The van der Waals surface area contributed by atoms with Gasteiger partial charge in [-0.3, -0.25) is 4.79 Å². The predicted octanol–water partition coefficient (Wildman–Crippen LogP) is 5.93. The number of rotatable bonds is 8. The summed E-state index contributed by atoms with van der Waals surface area (Å²) in [5.74, 6) is 1.53. The minimum atomic E-state index is -0.224. The first kappa shape index (κ1) is 20.5. The van der Waals surface area contributed by atoms with Gasteiger partial charge in [-0.15, -0.1) is 0 Å². The largest absolute Gasteiger partial charge is 0.490 e. The van der Waals surface area contributed by atoms with Gasteiger partial charge >= 0.3 is 0 Å². The van der Waals surface area contributed by atoms with E-state index in [9.17, 15) is 4.79 Å². The van der Waals surface area contributed by atoms with Crippen molar-refractivity contribution in [3.05, 3.63) is 72.3 Å². The molecule has 0 spiro atoms. The molecule has 0 bridgehead atoms. The molecule has 0 aliphatic rings. The Hall–Kier alpha value is -3.80. The topological polar surface area (TPSA) is 73.6 Å². The number of benzene rings is 3. The Morgan fingerprint density at radius 3 is 2.52 bits per heavy atom. The summed E-state index contributed by atoms with van der Waals surface area (Å²) in [6, 6.07) is 20.2. The van der Waals surface area contributed by atoms with E-state index in [0.29, 0.717) is 41.9 Å². The van der Waals surface area contributed by atoms with Crippen molar-refractivity contribution < 1.29 is 18.7 Å². The highest BCUT2D eigenvalue weighted by Gasteiger charge is 2.13. The molecule has 6 nitrogen and oxygen atoms in total. The number of oxazole rings is 1. The standard InChI is InChI=1S/C25H24N2O4/c1-3-15-30-22-14-11-18(16-23(22)29-4-2)24(28)26-19-12-9-17(10-13-19)25-27-20-7-5-6-8-21(20)31-25/h5-14,16H,3-4,15H2,1-2H3,(H,26,28). The van der Waals surface area contributed by atoms with Crippen LogP contribution in [0.15, 0.2) is 71.1 Å². The van der Waals surface area contributed by atoms with Gasteiger partial charge in [0.15, 0.2) is 17.1 Å². The van der Waals surface area contributed by atoms with Crippen molar-refractivity contribution in [3.63, 3.8) is 0 Å². The number of amides is 1. The van der Waals surface area contributed by atoms with E-state index in [1.807, 2.05) is 62.4 Å². The van der Waals surface area contributed by atoms with E-state index in [1.165, 1.54) is 0 Å². The van der Waals surface area contributed by atoms with Crippen LogP contribution in [-0.4, -0.2) is 24.1 Å². The van der Waals surface area contributed by atoms with E-state index in [0.717, 1.165) is 23.1 Å². The Labute approximate surface area is 180 Å². The molecular weight excluding hydrogens is 392 g/mol. The van der Waals surface area contributed by atoms with Crippen LogP contribution in [-0.2, 0) is 0 Å². The fraction of sp³-hybridized carbons (Fsp3) is 0.200. The first-order valence-electron chi connectivity index (χ1n) is 10.3. The molecule has 1 N–H and O–H groups in total. The molecule has 0 saturated heterocycles. The molecule has 3 aromatic carbocycles. The Kier molecular flexibility index (Phi) is 6.17. The minimum Gasteiger partial charge on any atom is -0.490 e. The fourth-order valence-electron chi connectivity index (χ4n) is 3.14. The van der Waals surface area contributed by atoms with E-state index in [4.69, 9.17) is 13.9 Å². The summed E-state index contributed by atoms with van der Waals surface area (Å²) in [7, 11) is 0. The zero-order chi connectivity index (χ0) is 21.6. The Balaban J connectivity index is 1.48. The van der Waals surface area contributed by atoms with E-state index < -0.39 is 0 Å². The number of anilines is 1. The SMILES string of the molecule is CCCOc1ccc(C(=O)Nc2ccc(-c3nc4ccccc4o3)cc2)cc1OCC. The van der Waals surface area contributed by atoms with Gasteiger partial charge in [0.25, 0.3) is 5.91 Å². The van der Waals surface area contributed by atoms with Gasteiger partial charge in [0, 0.05) is 16.8 Å². The van der Waals surface area contributed by atoms with Gasteiger partial charge < -0.3 is 19.2 Å². The van der Waals surface area contributed by atoms with Gasteiger partial charge in [0.05, 0.1) is 13.2 Å². The number of carbonyl (C=O) groups is 1. The lowest BCUT2D eigenvalue weighted by Crippen LogP contribution is -2.12. The van der Waals surface area contributed by atoms with E-state index in [1.54, 1.807) is 18.2 Å².